The Balaban J connectivity index is 2.23. The van der Waals surface area contributed by atoms with E-state index in [-0.39, 0.29) is 0 Å². The van der Waals surface area contributed by atoms with Crippen LogP contribution in [0.4, 0.5) is 5.95 Å². The third-order valence-electron chi connectivity index (χ3n) is 3.71. The zero-order chi connectivity index (χ0) is 14.8. The molecule has 1 heterocycles. The normalized spacial score (nSPS) is 11.1. The molecule has 0 fully saturated rings. The van der Waals surface area contributed by atoms with Crippen molar-refractivity contribution in [2.75, 3.05) is 19.5 Å². The van der Waals surface area contributed by atoms with Crippen LogP contribution < -0.4 is 5.73 Å². The van der Waals surface area contributed by atoms with Gasteiger partial charge >= 0.3 is 0 Å². The van der Waals surface area contributed by atoms with Crippen molar-refractivity contribution in [3.63, 3.8) is 0 Å². The van der Waals surface area contributed by atoms with Gasteiger partial charge in [0.2, 0.25) is 5.95 Å². The van der Waals surface area contributed by atoms with Crippen molar-refractivity contribution < 1.29 is 4.74 Å². The van der Waals surface area contributed by atoms with E-state index in [0.717, 1.165) is 23.1 Å². The van der Waals surface area contributed by atoms with Crippen LogP contribution in [0, 0.1) is 6.92 Å². The fourth-order valence-electron chi connectivity index (χ4n) is 2.71. The molecular weight excluding hydrogens is 262 g/mol. The molecule has 0 atom stereocenters. The molecule has 0 saturated heterocycles. The highest BCUT2D eigenvalue weighted by Crippen LogP contribution is 2.27. The number of imidazole rings is 1. The molecule has 1 aromatic heterocycles. The summed E-state index contributed by atoms with van der Waals surface area (Å²) in [5, 5.41) is 0. The molecule has 108 valence electrons. The second-order valence-electron chi connectivity index (χ2n) is 5.12. The zero-order valence-electron chi connectivity index (χ0n) is 12.3. The number of hydrogen-bond acceptors (Lipinski definition) is 3. The van der Waals surface area contributed by atoms with Gasteiger partial charge in [0, 0.05) is 7.11 Å². The number of nitrogens with zero attached hydrogens (tertiary/aromatic N) is 2. The number of anilines is 1. The molecule has 0 amide bonds. The molecule has 3 rings (SSSR count). The number of benzene rings is 2. The summed E-state index contributed by atoms with van der Waals surface area (Å²) in [5.41, 5.74) is 11.6. The van der Waals surface area contributed by atoms with Crippen LogP contribution in [0.15, 0.2) is 42.5 Å². The average Bonchev–Trinajstić information content (AvgIpc) is 2.83. The topological polar surface area (TPSA) is 53.1 Å². The maximum atomic E-state index is 6.17. The minimum absolute atomic E-state index is 0.518. The van der Waals surface area contributed by atoms with E-state index in [9.17, 15) is 0 Å². The molecule has 4 nitrogen and oxygen atoms in total. The molecule has 21 heavy (non-hydrogen) atoms. The van der Waals surface area contributed by atoms with Gasteiger partial charge < -0.3 is 10.5 Å². The molecule has 0 unspecified atom stereocenters. The molecule has 4 heteroatoms. The lowest BCUT2D eigenvalue weighted by Gasteiger charge is -2.13. The SMILES string of the molecule is COCCc1ccccc1-n1c(N)nc2cccc(C)c21. The summed E-state index contributed by atoms with van der Waals surface area (Å²) in [6.45, 7) is 2.76. The van der Waals surface area contributed by atoms with Crippen LogP contribution in [-0.4, -0.2) is 23.3 Å². The van der Waals surface area contributed by atoms with Gasteiger partial charge in [-0.2, -0.15) is 0 Å². The minimum atomic E-state index is 0.518. The van der Waals surface area contributed by atoms with Crippen LogP contribution >= 0.6 is 0 Å². The van der Waals surface area contributed by atoms with Crippen molar-refractivity contribution in [2.24, 2.45) is 0 Å². The summed E-state index contributed by atoms with van der Waals surface area (Å²) < 4.78 is 7.24. The number of aromatic nitrogens is 2. The van der Waals surface area contributed by atoms with Crippen LogP contribution in [0.1, 0.15) is 11.1 Å². The first-order valence-electron chi connectivity index (χ1n) is 7.03. The number of nitrogen functional groups attached to an aromatic ring is 1. The standard InChI is InChI=1S/C17H19N3O/c1-12-6-5-8-14-16(12)20(17(18)19-14)15-9-4-3-7-13(15)10-11-21-2/h3-9H,10-11H2,1-2H3,(H2,18,19). The fourth-order valence-corrected chi connectivity index (χ4v) is 2.71. The van der Waals surface area contributed by atoms with E-state index in [0.29, 0.717) is 12.6 Å². The van der Waals surface area contributed by atoms with Crippen molar-refractivity contribution in [1.29, 1.82) is 0 Å². The maximum Gasteiger partial charge on any atom is 0.205 e. The number of hydrogen-bond donors (Lipinski definition) is 1. The number of methoxy groups -OCH3 is 1. The van der Waals surface area contributed by atoms with E-state index in [2.05, 4.69) is 30.1 Å². The molecule has 2 aromatic carbocycles. The summed E-state index contributed by atoms with van der Waals surface area (Å²) in [4.78, 5) is 4.48. The monoisotopic (exact) mass is 281 g/mol. The summed E-state index contributed by atoms with van der Waals surface area (Å²) in [6, 6.07) is 14.3. The zero-order valence-corrected chi connectivity index (χ0v) is 12.3. The van der Waals surface area contributed by atoms with Crippen LogP contribution in [0.5, 0.6) is 0 Å². The Bertz CT molecular complexity index is 777. The van der Waals surface area contributed by atoms with Crippen molar-refractivity contribution in [3.05, 3.63) is 53.6 Å². The van der Waals surface area contributed by atoms with E-state index >= 15 is 0 Å². The molecule has 0 aliphatic carbocycles. The number of fused-ring (bicyclic) bond motifs is 1. The third-order valence-corrected chi connectivity index (χ3v) is 3.71. The first kappa shape index (κ1) is 13.6. The molecule has 2 N–H and O–H groups in total. The molecule has 0 aliphatic rings. The van der Waals surface area contributed by atoms with Gasteiger partial charge in [-0.05, 0) is 36.6 Å². The second kappa shape index (κ2) is 5.58. The lowest BCUT2D eigenvalue weighted by molar-refractivity contribution is 0.202. The van der Waals surface area contributed by atoms with E-state index in [1.165, 1.54) is 11.1 Å². The van der Waals surface area contributed by atoms with E-state index in [4.69, 9.17) is 10.5 Å². The average molecular weight is 281 g/mol. The molecule has 0 saturated carbocycles. The Kier molecular flexibility index (Phi) is 3.62. The molecular formula is C17H19N3O. The van der Waals surface area contributed by atoms with Gasteiger partial charge in [0.15, 0.2) is 0 Å². The summed E-state index contributed by atoms with van der Waals surface area (Å²) in [6.07, 6.45) is 0.845. The van der Waals surface area contributed by atoms with Crippen LogP contribution in [0.3, 0.4) is 0 Å². The Morgan fingerprint density at radius 1 is 1.14 bits per heavy atom. The van der Waals surface area contributed by atoms with Crippen molar-refractivity contribution in [3.8, 4) is 5.69 Å². The van der Waals surface area contributed by atoms with Gasteiger partial charge in [0.1, 0.15) is 0 Å². The molecule has 0 bridgehead atoms. The minimum Gasteiger partial charge on any atom is -0.384 e. The molecule has 3 aromatic rings. The smallest absolute Gasteiger partial charge is 0.205 e. The van der Waals surface area contributed by atoms with Gasteiger partial charge in [-0.3, -0.25) is 4.57 Å². The highest BCUT2D eigenvalue weighted by molar-refractivity contribution is 5.84. The highest BCUT2D eigenvalue weighted by Gasteiger charge is 2.14. The van der Waals surface area contributed by atoms with E-state index in [1.54, 1.807) is 7.11 Å². The van der Waals surface area contributed by atoms with Crippen molar-refractivity contribution in [1.82, 2.24) is 9.55 Å². The Labute approximate surface area is 124 Å². The maximum absolute atomic E-state index is 6.17. The lowest BCUT2D eigenvalue weighted by atomic mass is 10.1. The van der Waals surface area contributed by atoms with Crippen molar-refractivity contribution >= 4 is 17.0 Å². The first-order valence-corrected chi connectivity index (χ1v) is 7.03. The molecule has 0 radical (unpaired) electrons. The molecule has 0 aliphatic heterocycles. The van der Waals surface area contributed by atoms with Gasteiger partial charge in [0.25, 0.3) is 0 Å². The van der Waals surface area contributed by atoms with Crippen LogP contribution in [0.2, 0.25) is 0 Å². The Morgan fingerprint density at radius 2 is 1.95 bits per heavy atom. The predicted octanol–water partition coefficient (Wildman–Crippen LogP) is 3.11. The van der Waals surface area contributed by atoms with E-state index in [1.807, 2.05) is 28.8 Å². The van der Waals surface area contributed by atoms with E-state index < -0.39 is 0 Å². The van der Waals surface area contributed by atoms with Crippen LogP contribution in [-0.2, 0) is 11.2 Å². The fraction of sp³-hybridized carbons (Fsp3) is 0.235. The Hall–Kier alpha value is -2.33. The highest BCUT2D eigenvalue weighted by atomic mass is 16.5. The number of ether oxygens (including phenoxy) is 1. The number of para-hydroxylation sites is 2. The first-order chi connectivity index (χ1) is 10.2. The summed E-state index contributed by atoms with van der Waals surface area (Å²) in [5.74, 6) is 0.518. The number of rotatable bonds is 4. The van der Waals surface area contributed by atoms with Gasteiger partial charge in [-0.1, -0.05) is 30.3 Å². The Morgan fingerprint density at radius 3 is 2.76 bits per heavy atom. The molecule has 0 spiro atoms. The quantitative estimate of drug-likeness (QED) is 0.799. The van der Waals surface area contributed by atoms with Crippen molar-refractivity contribution in [2.45, 2.75) is 13.3 Å². The van der Waals surface area contributed by atoms with Gasteiger partial charge in [0.05, 0.1) is 23.3 Å². The van der Waals surface area contributed by atoms with Gasteiger partial charge in [-0.15, -0.1) is 0 Å². The summed E-state index contributed by atoms with van der Waals surface area (Å²) in [7, 11) is 1.72. The van der Waals surface area contributed by atoms with Crippen LogP contribution in [0.25, 0.3) is 16.7 Å². The lowest BCUT2D eigenvalue weighted by Crippen LogP contribution is -2.06. The number of aryl methyl sites for hydroxylation is 1. The predicted molar refractivity (Wildman–Crippen MR) is 85.8 cm³/mol. The second-order valence-corrected chi connectivity index (χ2v) is 5.12. The van der Waals surface area contributed by atoms with Gasteiger partial charge in [-0.25, -0.2) is 4.98 Å². The third kappa shape index (κ3) is 2.38. The summed E-state index contributed by atoms with van der Waals surface area (Å²) >= 11 is 0. The largest absolute Gasteiger partial charge is 0.384 e. The number of nitrogens with two attached hydrogens (primary N) is 1.